The minimum atomic E-state index is 0.201. The Bertz CT molecular complexity index is 921. The smallest absolute Gasteiger partial charge is 0.160 e. The molecule has 3 aromatic heterocycles. The van der Waals surface area contributed by atoms with E-state index in [1.54, 1.807) is 0 Å². The van der Waals surface area contributed by atoms with Crippen LogP contribution in [-0.2, 0) is 17.8 Å². The van der Waals surface area contributed by atoms with E-state index in [4.69, 9.17) is 14.8 Å². The summed E-state index contributed by atoms with van der Waals surface area (Å²) < 4.78 is 8.17. The third-order valence-corrected chi connectivity index (χ3v) is 5.35. The molecule has 4 rings (SSSR count). The SMILES string of the molecule is CCc1cc(N2CCC[C@H](OCc3ccccn3)C2)n2nc(C)c(C)c2n1. The largest absolute Gasteiger partial charge is 0.370 e. The van der Waals surface area contributed by atoms with Crippen molar-refractivity contribution in [2.75, 3.05) is 18.0 Å². The van der Waals surface area contributed by atoms with E-state index in [-0.39, 0.29) is 6.10 Å². The number of pyridine rings is 1. The van der Waals surface area contributed by atoms with Gasteiger partial charge in [0.05, 0.1) is 24.1 Å². The lowest BCUT2D eigenvalue weighted by Gasteiger charge is -2.34. The van der Waals surface area contributed by atoms with Gasteiger partial charge in [-0.25, -0.2) is 4.98 Å². The quantitative estimate of drug-likeness (QED) is 0.693. The fraction of sp³-hybridized carbons (Fsp3) is 0.476. The predicted molar refractivity (Wildman–Crippen MR) is 106 cm³/mol. The summed E-state index contributed by atoms with van der Waals surface area (Å²) in [5.74, 6) is 1.12. The molecule has 1 atom stereocenters. The van der Waals surface area contributed by atoms with E-state index in [9.17, 15) is 0 Å². The van der Waals surface area contributed by atoms with Crippen LogP contribution in [0, 0.1) is 13.8 Å². The van der Waals surface area contributed by atoms with E-state index < -0.39 is 0 Å². The first-order valence-corrected chi connectivity index (χ1v) is 9.78. The maximum atomic E-state index is 6.17. The van der Waals surface area contributed by atoms with Crippen molar-refractivity contribution in [3.8, 4) is 0 Å². The molecule has 0 N–H and O–H groups in total. The average molecular weight is 365 g/mol. The van der Waals surface area contributed by atoms with Crippen molar-refractivity contribution in [2.45, 2.75) is 52.7 Å². The summed E-state index contributed by atoms with van der Waals surface area (Å²) in [6, 6.07) is 8.12. The Morgan fingerprint density at radius 2 is 2.11 bits per heavy atom. The number of hydrogen-bond acceptors (Lipinski definition) is 5. The van der Waals surface area contributed by atoms with E-state index in [0.29, 0.717) is 6.61 Å². The molecule has 27 heavy (non-hydrogen) atoms. The molecule has 4 heterocycles. The number of anilines is 1. The van der Waals surface area contributed by atoms with Crippen LogP contribution in [0.2, 0.25) is 0 Å². The van der Waals surface area contributed by atoms with Gasteiger partial charge in [0.1, 0.15) is 5.82 Å². The Labute approximate surface area is 160 Å². The highest BCUT2D eigenvalue weighted by Crippen LogP contribution is 2.25. The highest BCUT2D eigenvalue weighted by molar-refractivity contribution is 5.57. The Hall–Kier alpha value is -2.47. The first-order valence-electron chi connectivity index (χ1n) is 9.78. The molecule has 0 spiro atoms. The molecule has 6 nitrogen and oxygen atoms in total. The summed E-state index contributed by atoms with van der Waals surface area (Å²) in [5.41, 5.74) is 5.26. The molecular weight excluding hydrogens is 338 g/mol. The van der Waals surface area contributed by atoms with Crippen LogP contribution in [-0.4, -0.2) is 38.8 Å². The van der Waals surface area contributed by atoms with Crippen LogP contribution in [0.1, 0.15) is 42.4 Å². The van der Waals surface area contributed by atoms with Gasteiger partial charge in [0.25, 0.3) is 0 Å². The average Bonchev–Trinajstić information content (AvgIpc) is 3.00. The summed E-state index contributed by atoms with van der Waals surface area (Å²) in [7, 11) is 0. The fourth-order valence-corrected chi connectivity index (χ4v) is 3.64. The summed E-state index contributed by atoms with van der Waals surface area (Å²) in [6.07, 6.45) is 5.12. The molecule has 6 heteroatoms. The van der Waals surface area contributed by atoms with Gasteiger partial charge in [-0.1, -0.05) is 13.0 Å². The van der Waals surface area contributed by atoms with Crippen molar-refractivity contribution in [3.05, 3.63) is 53.1 Å². The van der Waals surface area contributed by atoms with Crippen LogP contribution < -0.4 is 4.90 Å². The summed E-state index contributed by atoms with van der Waals surface area (Å²) in [5, 5.41) is 4.74. The Morgan fingerprint density at radius 1 is 1.22 bits per heavy atom. The van der Waals surface area contributed by atoms with Crippen molar-refractivity contribution < 1.29 is 4.74 Å². The van der Waals surface area contributed by atoms with E-state index in [0.717, 1.165) is 66.5 Å². The number of nitrogens with zero attached hydrogens (tertiary/aromatic N) is 5. The first kappa shape index (κ1) is 17.9. The standard InChI is InChI=1S/C21H27N5O/c1-4-17-12-20(26-21(23-17)15(2)16(3)24-26)25-11-7-9-19(13-25)27-14-18-8-5-6-10-22-18/h5-6,8,10,12,19H,4,7,9,11,13-14H2,1-3H3/t19-/m0/s1. The highest BCUT2D eigenvalue weighted by atomic mass is 16.5. The predicted octanol–water partition coefficient (Wildman–Crippen LogP) is 3.49. The van der Waals surface area contributed by atoms with E-state index >= 15 is 0 Å². The second kappa shape index (κ2) is 7.64. The highest BCUT2D eigenvalue weighted by Gasteiger charge is 2.24. The van der Waals surface area contributed by atoms with Gasteiger partial charge >= 0.3 is 0 Å². The summed E-state index contributed by atoms with van der Waals surface area (Å²) in [6.45, 7) is 8.75. The van der Waals surface area contributed by atoms with Crippen LogP contribution >= 0.6 is 0 Å². The van der Waals surface area contributed by atoms with Gasteiger partial charge in [-0.2, -0.15) is 9.61 Å². The van der Waals surface area contributed by atoms with E-state index in [1.807, 2.05) is 35.8 Å². The molecule has 0 aliphatic carbocycles. The van der Waals surface area contributed by atoms with Crippen LogP contribution in [0.3, 0.4) is 0 Å². The van der Waals surface area contributed by atoms with Crippen molar-refractivity contribution in [1.29, 1.82) is 0 Å². The lowest BCUT2D eigenvalue weighted by Crippen LogP contribution is -2.40. The summed E-state index contributed by atoms with van der Waals surface area (Å²) in [4.78, 5) is 11.5. The molecule has 0 saturated carbocycles. The number of hydrogen-bond donors (Lipinski definition) is 0. The van der Waals surface area contributed by atoms with Gasteiger partial charge < -0.3 is 9.64 Å². The second-order valence-corrected chi connectivity index (χ2v) is 7.25. The van der Waals surface area contributed by atoms with Gasteiger partial charge in [-0.3, -0.25) is 4.98 Å². The van der Waals surface area contributed by atoms with Crippen LogP contribution in [0.25, 0.3) is 5.65 Å². The van der Waals surface area contributed by atoms with Gasteiger partial charge in [0.2, 0.25) is 0 Å². The van der Waals surface area contributed by atoms with Gasteiger partial charge in [-0.15, -0.1) is 0 Å². The van der Waals surface area contributed by atoms with Crippen molar-refractivity contribution in [2.24, 2.45) is 0 Å². The van der Waals surface area contributed by atoms with Crippen LogP contribution in [0.4, 0.5) is 5.82 Å². The lowest BCUT2D eigenvalue weighted by molar-refractivity contribution is 0.0296. The number of rotatable bonds is 5. The minimum absolute atomic E-state index is 0.201. The third-order valence-electron chi connectivity index (χ3n) is 5.35. The zero-order valence-corrected chi connectivity index (χ0v) is 16.4. The number of aromatic nitrogens is 4. The molecule has 3 aromatic rings. The number of piperidine rings is 1. The molecule has 0 bridgehead atoms. The normalized spacial score (nSPS) is 17.6. The molecule has 0 radical (unpaired) electrons. The molecule has 1 fully saturated rings. The van der Waals surface area contributed by atoms with Crippen LogP contribution in [0.5, 0.6) is 0 Å². The third kappa shape index (κ3) is 3.67. The molecule has 0 aromatic carbocycles. The Balaban J connectivity index is 1.56. The molecule has 142 valence electrons. The molecule has 1 aliphatic heterocycles. The second-order valence-electron chi connectivity index (χ2n) is 7.25. The molecule has 0 amide bonds. The van der Waals surface area contributed by atoms with Crippen molar-refractivity contribution in [3.63, 3.8) is 0 Å². The number of ether oxygens (including phenoxy) is 1. The molecule has 1 saturated heterocycles. The van der Waals surface area contributed by atoms with Crippen molar-refractivity contribution in [1.82, 2.24) is 19.6 Å². The monoisotopic (exact) mass is 365 g/mol. The zero-order valence-electron chi connectivity index (χ0n) is 16.4. The maximum absolute atomic E-state index is 6.17. The molecule has 1 aliphatic rings. The molecular formula is C21H27N5O. The van der Waals surface area contributed by atoms with E-state index in [2.05, 4.69) is 29.8 Å². The maximum Gasteiger partial charge on any atom is 0.160 e. The Morgan fingerprint density at radius 3 is 2.89 bits per heavy atom. The number of fused-ring (bicyclic) bond motifs is 1. The van der Waals surface area contributed by atoms with Gasteiger partial charge in [0.15, 0.2) is 5.65 Å². The zero-order chi connectivity index (χ0) is 18.8. The van der Waals surface area contributed by atoms with Gasteiger partial charge in [-0.05, 0) is 45.2 Å². The van der Waals surface area contributed by atoms with Gasteiger partial charge in [0, 0.05) is 36.6 Å². The van der Waals surface area contributed by atoms with E-state index in [1.165, 1.54) is 0 Å². The summed E-state index contributed by atoms with van der Waals surface area (Å²) >= 11 is 0. The van der Waals surface area contributed by atoms with Crippen LogP contribution in [0.15, 0.2) is 30.5 Å². The Kier molecular flexibility index (Phi) is 5.07. The first-order chi connectivity index (χ1) is 13.2. The minimum Gasteiger partial charge on any atom is -0.370 e. The topological polar surface area (TPSA) is 55.5 Å². The number of aryl methyl sites for hydroxylation is 3. The lowest BCUT2D eigenvalue weighted by atomic mass is 10.1. The molecule has 0 unspecified atom stereocenters. The van der Waals surface area contributed by atoms with Crippen molar-refractivity contribution >= 4 is 11.5 Å². The fourth-order valence-electron chi connectivity index (χ4n) is 3.64.